The zero-order valence-electron chi connectivity index (χ0n) is 12.2. The summed E-state index contributed by atoms with van der Waals surface area (Å²) < 4.78 is 5.71. The van der Waals surface area contributed by atoms with Crippen LogP contribution in [0.3, 0.4) is 0 Å². The molecule has 0 saturated carbocycles. The summed E-state index contributed by atoms with van der Waals surface area (Å²) in [4.78, 5) is 4.14. The molecule has 0 bridgehead atoms. The summed E-state index contributed by atoms with van der Waals surface area (Å²) in [5, 5.41) is 4.08. The molecule has 5 heteroatoms. The summed E-state index contributed by atoms with van der Waals surface area (Å²) in [7, 11) is 1.72. The van der Waals surface area contributed by atoms with Gasteiger partial charge in [-0.1, -0.05) is 25.4 Å². The van der Waals surface area contributed by atoms with E-state index in [0.717, 1.165) is 24.9 Å². The van der Waals surface area contributed by atoms with Crippen molar-refractivity contribution < 1.29 is 4.74 Å². The van der Waals surface area contributed by atoms with Gasteiger partial charge in [0, 0.05) is 18.9 Å². The first-order chi connectivity index (χ1) is 8.98. The molecule has 3 N–H and O–H groups in total. The van der Waals surface area contributed by atoms with E-state index >= 15 is 0 Å². The molecule has 1 heterocycles. The summed E-state index contributed by atoms with van der Waals surface area (Å²) in [6.45, 7) is 7.17. The Morgan fingerprint density at radius 2 is 2.21 bits per heavy atom. The number of nitrogens with one attached hydrogen (secondary N) is 1. The van der Waals surface area contributed by atoms with Crippen LogP contribution in [0.2, 0.25) is 5.02 Å². The number of anilines is 1. The highest BCUT2D eigenvalue weighted by Crippen LogP contribution is 2.34. The number of hydrogen-bond acceptors (Lipinski definition) is 4. The molecule has 1 aromatic heterocycles. The summed E-state index contributed by atoms with van der Waals surface area (Å²) >= 11 is 6.04. The fraction of sp³-hybridized carbons (Fsp3) is 0.643. The van der Waals surface area contributed by atoms with Crippen LogP contribution < -0.4 is 11.1 Å². The minimum Gasteiger partial charge on any atom is -0.383 e. The second kappa shape index (κ2) is 7.08. The number of nitrogens with zero attached hydrogens (tertiary/aromatic N) is 1. The quantitative estimate of drug-likeness (QED) is 0.808. The van der Waals surface area contributed by atoms with Crippen molar-refractivity contribution in [3.8, 4) is 0 Å². The smallest absolute Gasteiger partial charge is 0.128 e. The number of aromatic nitrogens is 1. The Morgan fingerprint density at radius 3 is 2.74 bits per heavy atom. The monoisotopic (exact) mass is 285 g/mol. The average Bonchev–Trinajstić information content (AvgIpc) is 2.42. The van der Waals surface area contributed by atoms with Crippen LogP contribution in [-0.2, 0) is 4.74 Å². The summed E-state index contributed by atoms with van der Waals surface area (Å²) in [6.07, 6.45) is 3.46. The SMILES string of the molecule is CCCNC(c1cc(Cl)cnc1N)C(C)(CC)OC. The third-order valence-electron chi connectivity index (χ3n) is 3.60. The van der Waals surface area contributed by atoms with E-state index in [1.165, 1.54) is 0 Å². The van der Waals surface area contributed by atoms with E-state index in [9.17, 15) is 0 Å². The molecule has 1 aromatic rings. The molecule has 19 heavy (non-hydrogen) atoms. The Bertz CT molecular complexity index is 408. The second-order valence-electron chi connectivity index (χ2n) is 4.89. The van der Waals surface area contributed by atoms with Crippen molar-refractivity contribution in [1.82, 2.24) is 10.3 Å². The first kappa shape index (κ1) is 16.2. The molecule has 0 aliphatic heterocycles. The molecule has 0 aliphatic carbocycles. The Balaban J connectivity index is 3.18. The van der Waals surface area contributed by atoms with Gasteiger partial charge in [-0.05, 0) is 32.4 Å². The van der Waals surface area contributed by atoms with Gasteiger partial charge < -0.3 is 15.8 Å². The van der Waals surface area contributed by atoms with Gasteiger partial charge in [0.2, 0.25) is 0 Å². The van der Waals surface area contributed by atoms with Crippen LogP contribution in [-0.4, -0.2) is 24.2 Å². The maximum atomic E-state index is 6.04. The lowest BCUT2D eigenvalue weighted by molar-refractivity contribution is -0.0298. The highest BCUT2D eigenvalue weighted by molar-refractivity contribution is 6.30. The maximum absolute atomic E-state index is 6.04. The van der Waals surface area contributed by atoms with Crippen molar-refractivity contribution >= 4 is 17.4 Å². The summed E-state index contributed by atoms with van der Waals surface area (Å²) in [5.41, 5.74) is 6.55. The van der Waals surface area contributed by atoms with Crippen LogP contribution in [0.25, 0.3) is 0 Å². The van der Waals surface area contributed by atoms with Gasteiger partial charge in [0.05, 0.1) is 16.7 Å². The van der Waals surface area contributed by atoms with E-state index in [2.05, 4.69) is 31.1 Å². The van der Waals surface area contributed by atoms with Crippen LogP contribution in [0.5, 0.6) is 0 Å². The summed E-state index contributed by atoms with van der Waals surface area (Å²) in [5.74, 6) is 0.495. The number of halogens is 1. The van der Waals surface area contributed by atoms with Crippen LogP contribution >= 0.6 is 11.6 Å². The second-order valence-corrected chi connectivity index (χ2v) is 5.32. The molecule has 2 atom stereocenters. The highest BCUT2D eigenvalue weighted by atomic mass is 35.5. The minimum atomic E-state index is -0.352. The third kappa shape index (κ3) is 3.81. The van der Waals surface area contributed by atoms with Crippen molar-refractivity contribution in [2.24, 2.45) is 0 Å². The van der Waals surface area contributed by atoms with Crippen LogP contribution in [0.15, 0.2) is 12.3 Å². The Kier molecular flexibility index (Phi) is 6.04. The molecule has 0 amide bonds. The maximum Gasteiger partial charge on any atom is 0.128 e. The number of methoxy groups -OCH3 is 1. The number of rotatable bonds is 7. The largest absolute Gasteiger partial charge is 0.383 e. The van der Waals surface area contributed by atoms with Gasteiger partial charge >= 0.3 is 0 Å². The lowest BCUT2D eigenvalue weighted by Gasteiger charge is -2.37. The zero-order chi connectivity index (χ0) is 14.5. The van der Waals surface area contributed by atoms with E-state index in [1.807, 2.05) is 6.07 Å². The first-order valence-electron chi connectivity index (χ1n) is 6.68. The van der Waals surface area contributed by atoms with E-state index in [1.54, 1.807) is 13.3 Å². The summed E-state index contributed by atoms with van der Waals surface area (Å²) in [6, 6.07) is 1.83. The van der Waals surface area contributed by atoms with Gasteiger partial charge in [-0.25, -0.2) is 4.98 Å². The third-order valence-corrected chi connectivity index (χ3v) is 3.81. The molecular formula is C14H24ClN3O. The molecule has 0 fully saturated rings. The molecule has 2 unspecified atom stereocenters. The lowest BCUT2D eigenvalue weighted by Crippen LogP contribution is -2.43. The Hall–Kier alpha value is -0.840. The van der Waals surface area contributed by atoms with Crippen molar-refractivity contribution in [2.45, 2.75) is 45.3 Å². The molecular weight excluding hydrogens is 262 g/mol. The highest BCUT2D eigenvalue weighted by Gasteiger charge is 2.35. The average molecular weight is 286 g/mol. The molecule has 0 radical (unpaired) electrons. The van der Waals surface area contributed by atoms with Crippen molar-refractivity contribution in [1.29, 1.82) is 0 Å². The predicted octanol–water partition coefficient (Wildman–Crippen LogP) is 3.17. The van der Waals surface area contributed by atoms with Gasteiger partial charge in [-0.15, -0.1) is 0 Å². The van der Waals surface area contributed by atoms with Crippen molar-refractivity contribution in [2.75, 3.05) is 19.4 Å². The van der Waals surface area contributed by atoms with Crippen molar-refractivity contribution in [3.05, 3.63) is 22.8 Å². The zero-order valence-corrected chi connectivity index (χ0v) is 12.9. The lowest BCUT2D eigenvalue weighted by atomic mass is 9.87. The predicted molar refractivity (Wildman–Crippen MR) is 80.4 cm³/mol. The van der Waals surface area contributed by atoms with E-state index in [4.69, 9.17) is 22.1 Å². The first-order valence-corrected chi connectivity index (χ1v) is 7.05. The van der Waals surface area contributed by atoms with Gasteiger partial charge in [-0.2, -0.15) is 0 Å². The Labute approximate surface area is 120 Å². The van der Waals surface area contributed by atoms with Crippen LogP contribution in [0.1, 0.15) is 45.2 Å². The van der Waals surface area contributed by atoms with Crippen molar-refractivity contribution in [3.63, 3.8) is 0 Å². The van der Waals surface area contributed by atoms with Crippen LogP contribution in [0.4, 0.5) is 5.82 Å². The number of ether oxygens (including phenoxy) is 1. The molecule has 0 aliphatic rings. The Morgan fingerprint density at radius 1 is 1.53 bits per heavy atom. The molecule has 0 saturated heterocycles. The van der Waals surface area contributed by atoms with E-state index in [-0.39, 0.29) is 11.6 Å². The molecule has 4 nitrogen and oxygen atoms in total. The van der Waals surface area contributed by atoms with Gasteiger partial charge in [0.1, 0.15) is 5.82 Å². The fourth-order valence-corrected chi connectivity index (χ4v) is 2.27. The minimum absolute atomic E-state index is 0.0337. The molecule has 1 rings (SSSR count). The van der Waals surface area contributed by atoms with E-state index in [0.29, 0.717) is 10.8 Å². The van der Waals surface area contributed by atoms with Gasteiger partial charge in [0.25, 0.3) is 0 Å². The number of nitrogens with two attached hydrogens (primary N) is 1. The molecule has 0 aromatic carbocycles. The number of hydrogen-bond donors (Lipinski definition) is 2. The fourth-order valence-electron chi connectivity index (χ4n) is 2.11. The van der Waals surface area contributed by atoms with Gasteiger partial charge in [0.15, 0.2) is 0 Å². The number of pyridine rings is 1. The molecule has 108 valence electrons. The topological polar surface area (TPSA) is 60.2 Å². The molecule has 0 spiro atoms. The number of nitrogen functional groups attached to an aromatic ring is 1. The van der Waals surface area contributed by atoms with Crippen LogP contribution in [0, 0.1) is 0 Å². The van der Waals surface area contributed by atoms with Gasteiger partial charge in [-0.3, -0.25) is 0 Å². The normalized spacial score (nSPS) is 16.1. The van der Waals surface area contributed by atoms with E-state index < -0.39 is 0 Å². The standard InChI is InChI=1S/C14H24ClN3O/c1-5-7-17-12(14(3,6-2)19-4)11-8-10(15)9-18-13(11)16/h8-9,12,17H,5-7H2,1-4H3,(H2,16,18).